The van der Waals surface area contributed by atoms with Gasteiger partial charge in [-0.05, 0) is 73.9 Å². The minimum atomic E-state index is -0.467. The molecule has 0 aliphatic carbocycles. The van der Waals surface area contributed by atoms with Gasteiger partial charge in [-0.25, -0.2) is 4.39 Å². The summed E-state index contributed by atoms with van der Waals surface area (Å²) in [6, 6.07) is 18.8. The number of rotatable bonds is 8. The van der Waals surface area contributed by atoms with Crippen molar-refractivity contribution in [3.63, 3.8) is 0 Å². The third-order valence-electron chi connectivity index (χ3n) is 6.27. The minimum Gasteiger partial charge on any atom is -0.377 e. The molecule has 36 heavy (non-hydrogen) atoms. The number of aryl methyl sites for hydroxylation is 1. The normalized spacial score (nSPS) is 14.9. The summed E-state index contributed by atoms with van der Waals surface area (Å²) in [4.78, 5) is 30.1. The van der Waals surface area contributed by atoms with E-state index in [4.69, 9.17) is 4.74 Å². The average molecular weight is 490 g/mol. The van der Waals surface area contributed by atoms with E-state index in [1.807, 2.05) is 73.3 Å². The largest absolute Gasteiger partial charge is 0.377 e. The first-order valence-electron chi connectivity index (χ1n) is 12.1. The van der Waals surface area contributed by atoms with Gasteiger partial charge in [0.05, 0.1) is 6.10 Å². The molecule has 0 saturated carbocycles. The molecule has 1 saturated heterocycles. The van der Waals surface area contributed by atoms with Crippen molar-refractivity contribution in [2.45, 2.75) is 32.4 Å². The van der Waals surface area contributed by atoms with Crippen molar-refractivity contribution < 1.29 is 18.7 Å². The molecule has 0 spiro atoms. The molecule has 1 atom stereocenters. The van der Waals surface area contributed by atoms with Gasteiger partial charge in [-0.2, -0.15) is 0 Å². The molecule has 1 aliphatic rings. The SMILES string of the molecule is Cc1cccc(C(=O)N(Cc2cc(NC(=O)c3cccc(F)c3)ccc2N(C)C)C[C@@H]2CCCO2)c1. The highest BCUT2D eigenvalue weighted by Gasteiger charge is 2.25. The van der Waals surface area contributed by atoms with Crippen LogP contribution in [0.15, 0.2) is 66.7 Å². The van der Waals surface area contributed by atoms with E-state index in [-0.39, 0.29) is 17.6 Å². The fourth-order valence-corrected chi connectivity index (χ4v) is 4.48. The number of halogens is 1. The number of carbonyl (C=O) groups is 2. The fraction of sp³-hybridized carbons (Fsp3) is 0.310. The highest BCUT2D eigenvalue weighted by atomic mass is 19.1. The lowest BCUT2D eigenvalue weighted by Crippen LogP contribution is -2.37. The van der Waals surface area contributed by atoms with Crippen molar-refractivity contribution >= 4 is 23.2 Å². The van der Waals surface area contributed by atoms with Gasteiger partial charge in [-0.1, -0.05) is 23.8 Å². The predicted molar refractivity (Wildman–Crippen MR) is 140 cm³/mol. The van der Waals surface area contributed by atoms with Crippen molar-refractivity contribution in [2.24, 2.45) is 0 Å². The number of benzene rings is 3. The van der Waals surface area contributed by atoms with E-state index >= 15 is 0 Å². The number of nitrogens with one attached hydrogen (secondary N) is 1. The Hall–Kier alpha value is -3.71. The van der Waals surface area contributed by atoms with Crippen LogP contribution in [0.5, 0.6) is 0 Å². The maximum absolute atomic E-state index is 13.6. The van der Waals surface area contributed by atoms with Crippen LogP contribution in [0.4, 0.5) is 15.8 Å². The number of anilines is 2. The molecule has 1 N–H and O–H groups in total. The van der Waals surface area contributed by atoms with Crippen molar-refractivity contribution in [3.8, 4) is 0 Å². The quantitative estimate of drug-likeness (QED) is 0.468. The van der Waals surface area contributed by atoms with Gasteiger partial charge in [0.2, 0.25) is 0 Å². The molecule has 2 amide bonds. The van der Waals surface area contributed by atoms with Gasteiger partial charge < -0.3 is 19.9 Å². The Kier molecular flexibility index (Phi) is 8.00. The Balaban J connectivity index is 1.62. The molecule has 1 fully saturated rings. The molecule has 0 bridgehead atoms. The topological polar surface area (TPSA) is 61.9 Å². The molecule has 1 heterocycles. The number of amides is 2. The lowest BCUT2D eigenvalue weighted by atomic mass is 10.1. The average Bonchev–Trinajstić information content (AvgIpc) is 3.36. The molecule has 3 aromatic rings. The Morgan fingerprint density at radius 1 is 1.03 bits per heavy atom. The standard InChI is InChI=1S/C29H32FN3O3/c1-20-7-4-9-22(15-20)29(35)33(19-26-11-6-14-36-26)18-23-17-25(12-13-27(23)32(2)3)31-28(34)21-8-5-10-24(30)16-21/h4-5,7-10,12-13,15-17,26H,6,11,14,18-19H2,1-3H3,(H,31,34)/t26-/m0/s1. The molecule has 7 heteroatoms. The zero-order valence-corrected chi connectivity index (χ0v) is 21.0. The zero-order chi connectivity index (χ0) is 25.7. The number of ether oxygens (including phenoxy) is 1. The van der Waals surface area contributed by atoms with Crippen LogP contribution in [0.3, 0.4) is 0 Å². The van der Waals surface area contributed by atoms with E-state index in [2.05, 4.69) is 5.32 Å². The molecular formula is C29H32FN3O3. The van der Waals surface area contributed by atoms with E-state index in [9.17, 15) is 14.0 Å². The lowest BCUT2D eigenvalue weighted by Gasteiger charge is -2.28. The molecule has 6 nitrogen and oxygen atoms in total. The summed E-state index contributed by atoms with van der Waals surface area (Å²) in [5, 5.41) is 2.85. The van der Waals surface area contributed by atoms with Gasteiger partial charge >= 0.3 is 0 Å². The first-order chi connectivity index (χ1) is 17.3. The monoisotopic (exact) mass is 489 g/mol. The second-order valence-corrected chi connectivity index (χ2v) is 9.39. The molecular weight excluding hydrogens is 457 g/mol. The third kappa shape index (κ3) is 6.29. The Labute approximate surface area is 211 Å². The minimum absolute atomic E-state index is 0.00238. The number of hydrogen-bond donors (Lipinski definition) is 1. The van der Waals surface area contributed by atoms with Gasteiger partial charge in [0.25, 0.3) is 11.8 Å². The maximum atomic E-state index is 13.6. The number of carbonyl (C=O) groups excluding carboxylic acids is 2. The number of hydrogen-bond acceptors (Lipinski definition) is 4. The van der Waals surface area contributed by atoms with E-state index in [1.165, 1.54) is 18.2 Å². The van der Waals surface area contributed by atoms with Gasteiger partial charge in [0.1, 0.15) is 5.82 Å². The highest BCUT2D eigenvalue weighted by molar-refractivity contribution is 6.04. The molecule has 1 aliphatic heterocycles. The second kappa shape index (κ2) is 11.4. The summed E-state index contributed by atoms with van der Waals surface area (Å²) in [6.45, 7) is 3.52. The summed E-state index contributed by atoms with van der Waals surface area (Å²) >= 11 is 0. The Morgan fingerprint density at radius 3 is 2.50 bits per heavy atom. The van der Waals surface area contributed by atoms with Crippen molar-refractivity contribution in [1.29, 1.82) is 0 Å². The molecule has 4 rings (SSSR count). The van der Waals surface area contributed by atoms with Crippen LogP contribution in [0, 0.1) is 12.7 Å². The van der Waals surface area contributed by atoms with E-state index < -0.39 is 11.7 Å². The van der Waals surface area contributed by atoms with Crippen LogP contribution >= 0.6 is 0 Å². The molecule has 0 aromatic heterocycles. The molecule has 0 unspecified atom stereocenters. The molecule has 188 valence electrons. The van der Waals surface area contributed by atoms with Gasteiger partial charge in [-0.3, -0.25) is 9.59 Å². The smallest absolute Gasteiger partial charge is 0.255 e. The van der Waals surface area contributed by atoms with Gasteiger partial charge in [-0.15, -0.1) is 0 Å². The highest BCUT2D eigenvalue weighted by Crippen LogP contribution is 2.27. The van der Waals surface area contributed by atoms with Crippen LogP contribution in [0.2, 0.25) is 0 Å². The lowest BCUT2D eigenvalue weighted by molar-refractivity contribution is 0.0507. The third-order valence-corrected chi connectivity index (χ3v) is 6.27. The van der Waals surface area contributed by atoms with Crippen molar-refractivity contribution in [3.05, 3.63) is 94.8 Å². The first kappa shape index (κ1) is 25.4. The van der Waals surface area contributed by atoms with Crippen LogP contribution in [0.1, 0.15) is 44.7 Å². The Bertz CT molecular complexity index is 1240. The summed E-state index contributed by atoms with van der Waals surface area (Å²) in [5.74, 6) is -0.927. The molecule has 0 radical (unpaired) electrons. The first-order valence-corrected chi connectivity index (χ1v) is 12.1. The number of nitrogens with zero attached hydrogens (tertiary/aromatic N) is 2. The van der Waals surface area contributed by atoms with Crippen molar-refractivity contribution in [1.82, 2.24) is 4.90 Å². The summed E-state index contributed by atoms with van der Waals surface area (Å²) in [5.41, 5.74) is 4.29. The van der Waals surface area contributed by atoms with Crippen LogP contribution in [0.25, 0.3) is 0 Å². The van der Waals surface area contributed by atoms with Crippen LogP contribution in [-0.4, -0.2) is 50.1 Å². The van der Waals surface area contributed by atoms with Crippen LogP contribution in [-0.2, 0) is 11.3 Å². The summed E-state index contributed by atoms with van der Waals surface area (Å²) in [6.07, 6.45) is 1.90. The predicted octanol–water partition coefficient (Wildman–Crippen LogP) is 5.27. The maximum Gasteiger partial charge on any atom is 0.255 e. The van der Waals surface area contributed by atoms with E-state index in [1.54, 1.807) is 6.07 Å². The molecule has 3 aromatic carbocycles. The fourth-order valence-electron chi connectivity index (χ4n) is 4.48. The summed E-state index contributed by atoms with van der Waals surface area (Å²) in [7, 11) is 3.88. The van der Waals surface area contributed by atoms with Gasteiger partial charge in [0.15, 0.2) is 0 Å². The van der Waals surface area contributed by atoms with Gasteiger partial charge in [0, 0.05) is 56.3 Å². The second-order valence-electron chi connectivity index (χ2n) is 9.39. The van der Waals surface area contributed by atoms with E-state index in [0.29, 0.717) is 30.9 Å². The summed E-state index contributed by atoms with van der Waals surface area (Å²) < 4.78 is 19.4. The van der Waals surface area contributed by atoms with Crippen LogP contribution < -0.4 is 10.2 Å². The van der Waals surface area contributed by atoms with Crippen molar-refractivity contribution in [2.75, 3.05) is 37.5 Å². The zero-order valence-electron chi connectivity index (χ0n) is 21.0. The Morgan fingerprint density at radius 2 is 1.81 bits per heavy atom. The van der Waals surface area contributed by atoms with E-state index in [0.717, 1.165) is 29.7 Å².